The Morgan fingerprint density at radius 1 is 1.39 bits per heavy atom. The van der Waals surface area contributed by atoms with Crippen LogP contribution < -0.4 is 10.1 Å². The molecule has 0 bridgehead atoms. The fourth-order valence-corrected chi connectivity index (χ4v) is 4.02. The van der Waals surface area contributed by atoms with Gasteiger partial charge in [0.25, 0.3) is 0 Å². The number of carbonyl (C=O) groups is 1. The maximum Gasteiger partial charge on any atom is 0.225 e. The van der Waals surface area contributed by atoms with E-state index in [2.05, 4.69) is 10.3 Å². The van der Waals surface area contributed by atoms with Gasteiger partial charge in [-0.05, 0) is 31.9 Å². The van der Waals surface area contributed by atoms with Crippen LogP contribution in [0, 0.1) is 6.92 Å². The summed E-state index contributed by atoms with van der Waals surface area (Å²) in [5.41, 5.74) is 1.97. The highest BCUT2D eigenvalue weighted by Gasteiger charge is 2.19. The average molecular weight is 330 g/mol. The molecule has 1 aromatic carbocycles. The van der Waals surface area contributed by atoms with E-state index in [0.29, 0.717) is 12.5 Å². The Labute approximate surface area is 140 Å². The molecule has 4 nitrogen and oxygen atoms in total. The van der Waals surface area contributed by atoms with Gasteiger partial charge in [-0.2, -0.15) is 0 Å². The van der Waals surface area contributed by atoms with Crippen molar-refractivity contribution in [3.8, 4) is 16.3 Å². The van der Waals surface area contributed by atoms with Gasteiger partial charge in [-0.3, -0.25) is 4.79 Å². The molecule has 0 atom stereocenters. The summed E-state index contributed by atoms with van der Waals surface area (Å²) in [4.78, 5) is 17.9. The number of thiazole rings is 1. The summed E-state index contributed by atoms with van der Waals surface area (Å²) in [5.74, 6) is 0.928. The Morgan fingerprint density at radius 3 is 2.91 bits per heavy atom. The molecule has 1 aliphatic rings. The third-order valence-electron chi connectivity index (χ3n) is 4.25. The van der Waals surface area contributed by atoms with Gasteiger partial charge in [0, 0.05) is 16.5 Å². The number of nitrogens with zero attached hydrogens (tertiary/aromatic N) is 1. The molecule has 0 spiro atoms. The summed E-state index contributed by atoms with van der Waals surface area (Å²) in [7, 11) is 1.66. The fourth-order valence-electron chi connectivity index (χ4n) is 2.97. The molecule has 1 aliphatic carbocycles. The molecule has 2 aromatic rings. The van der Waals surface area contributed by atoms with Gasteiger partial charge < -0.3 is 10.1 Å². The van der Waals surface area contributed by atoms with E-state index in [1.807, 2.05) is 31.2 Å². The normalized spacial score (nSPS) is 14.9. The average Bonchev–Trinajstić information content (AvgIpc) is 3.18. The SMILES string of the molecule is COc1cccc(-c2nc(C)c(CC(=O)NC3CCCC3)s2)c1. The van der Waals surface area contributed by atoms with E-state index in [1.165, 1.54) is 12.8 Å². The van der Waals surface area contributed by atoms with Gasteiger partial charge in [0.05, 0.1) is 19.2 Å². The molecule has 3 rings (SSSR count). The first-order valence-corrected chi connectivity index (χ1v) is 8.87. The molecule has 1 aromatic heterocycles. The minimum atomic E-state index is 0.112. The lowest BCUT2D eigenvalue weighted by molar-refractivity contribution is -0.121. The number of benzene rings is 1. The zero-order chi connectivity index (χ0) is 16.2. The maximum atomic E-state index is 12.2. The Balaban J connectivity index is 1.71. The number of amides is 1. The number of aromatic nitrogens is 1. The molecule has 23 heavy (non-hydrogen) atoms. The first-order chi connectivity index (χ1) is 11.2. The lowest BCUT2D eigenvalue weighted by atomic mass is 10.2. The summed E-state index contributed by atoms with van der Waals surface area (Å²) in [5, 5.41) is 4.08. The van der Waals surface area contributed by atoms with E-state index < -0.39 is 0 Å². The molecule has 1 heterocycles. The molecule has 0 aliphatic heterocycles. The van der Waals surface area contributed by atoms with E-state index in [-0.39, 0.29) is 5.91 Å². The molecular formula is C18H22N2O2S. The monoisotopic (exact) mass is 330 g/mol. The molecular weight excluding hydrogens is 308 g/mol. The topological polar surface area (TPSA) is 51.2 Å². The smallest absolute Gasteiger partial charge is 0.225 e. The van der Waals surface area contributed by atoms with Crippen LogP contribution in [0.2, 0.25) is 0 Å². The Hall–Kier alpha value is -1.88. The Kier molecular flexibility index (Phi) is 4.96. The second kappa shape index (κ2) is 7.13. The van der Waals surface area contributed by atoms with Gasteiger partial charge in [-0.15, -0.1) is 11.3 Å². The highest BCUT2D eigenvalue weighted by Crippen LogP contribution is 2.30. The van der Waals surface area contributed by atoms with Gasteiger partial charge in [0.1, 0.15) is 10.8 Å². The van der Waals surface area contributed by atoms with Crippen LogP contribution in [0.15, 0.2) is 24.3 Å². The number of hydrogen-bond acceptors (Lipinski definition) is 4. The van der Waals surface area contributed by atoms with Crippen LogP contribution in [0.5, 0.6) is 5.75 Å². The second-order valence-corrected chi connectivity index (χ2v) is 7.07. The fraction of sp³-hybridized carbons (Fsp3) is 0.444. The van der Waals surface area contributed by atoms with Gasteiger partial charge in [0.2, 0.25) is 5.91 Å². The second-order valence-electron chi connectivity index (χ2n) is 5.99. The molecule has 1 fully saturated rings. The van der Waals surface area contributed by atoms with E-state index >= 15 is 0 Å². The molecule has 1 saturated carbocycles. The minimum absolute atomic E-state index is 0.112. The van der Waals surface area contributed by atoms with Crippen molar-refractivity contribution in [3.63, 3.8) is 0 Å². The van der Waals surface area contributed by atoms with Gasteiger partial charge >= 0.3 is 0 Å². The van der Waals surface area contributed by atoms with Crippen LogP contribution in [-0.4, -0.2) is 24.0 Å². The predicted octanol–water partition coefficient (Wildman–Crippen LogP) is 3.73. The number of nitrogens with one attached hydrogen (secondary N) is 1. The van der Waals surface area contributed by atoms with Crippen LogP contribution >= 0.6 is 11.3 Å². The largest absolute Gasteiger partial charge is 0.497 e. The van der Waals surface area contributed by atoms with E-state index in [4.69, 9.17) is 4.74 Å². The Bertz CT molecular complexity index is 690. The Morgan fingerprint density at radius 2 is 2.17 bits per heavy atom. The van der Waals surface area contributed by atoms with Crippen LogP contribution in [0.4, 0.5) is 0 Å². The highest BCUT2D eigenvalue weighted by molar-refractivity contribution is 7.15. The molecule has 0 saturated heterocycles. The van der Waals surface area contributed by atoms with Crippen molar-refractivity contribution >= 4 is 17.2 Å². The van der Waals surface area contributed by atoms with Crippen LogP contribution in [-0.2, 0) is 11.2 Å². The highest BCUT2D eigenvalue weighted by atomic mass is 32.1. The van der Waals surface area contributed by atoms with E-state index in [0.717, 1.165) is 39.7 Å². The molecule has 0 unspecified atom stereocenters. The van der Waals surface area contributed by atoms with Crippen molar-refractivity contribution in [2.75, 3.05) is 7.11 Å². The van der Waals surface area contributed by atoms with E-state index in [9.17, 15) is 4.79 Å². The van der Waals surface area contributed by atoms with Crippen molar-refractivity contribution in [2.24, 2.45) is 0 Å². The van der Waals surface area contributed by atoms with Crippen molar-refractivity contribution < 1.29 is 9.53 Å². The van der Waals surface area contributed by atoms with Crippen molar-refractivity contribution in [1.29, 1.82) is 0 Å². The van der Waals surface area contributed by atoms with E-state index in [1.54, 1.807) is 18.4 Å². The van der Waals surface area contributed by atoms with Crippen molar-refractivity contribution in [2.45, 2.75) is 45.1 Å². The summed E-state index contributed by atoms with van der Waals surface area (Å²) in [6, 6.07) is 8.23. The summed E-state index contributed by atoms with van der Waals surface area (Å²) < 4.78 is 5.27. The standard InChI is InChI=1S/C18H22N2O2S/c1-12-16(11-17(21)20-14-7-3-4-8-14)23-18(19-12)13-6-5-9-15(10-13)22-2/h5-6,9-10,14H,3-4,7-8,11H2,1-2H3,(H,20,21). The molecule has 1 N–H and O–H groups in total. The molecule has 122 valence electrons. The third-order valence-corrected chi connectivity index (χ3v) is 5.46. The number of ether oxygens (including phenoxy) is 1. The molecule has 0 radical (unpaired) electrons. The first kappa shape index (κ1) is 16.0. The maximum absolute atomic E-state index is 12.2. The quantitative estimate of drug-likeness (QED) is 0.909. The lowest BCUT2D eigenvalue weighted by Gasteiger charge is -2.11. The van der Waals surface area contributed by atoms with Crippen LogP contribution in [0.3, 0.4) is 0 Å². The van der Waals surface area contributed by atoms with Crippen LogP contribution in [0.1, 0.15) is 36.3 Å². The number of aryl methyl sites for hydroxylation is 1. The third kappa shape index (κ3) is 3.91. The number of hydrogen-bond donors (Lipinski definition) is 1. The van der Waals surface area contributed by atoms with Crippen LogP contribution in [0.25, 0.3) is 10.6 Å². The summed E-state index contributed by atoms with van der Waals surface area (Å²) in [6.45, 7) is 1.97. The predicted molar refractivity (Wildman–Crippen MR) is 92.9 cm³/mol. The zero-order valence-electron chi connectivity index (χ0n) is 13.6. The molecule has 1 amide bonds. The molecule has 5 heteroatoms. The van der Waals surface area contributed by atoms with Gasteiger partial charge in [-0.25, -0.2) is 4.98 Å². The number of carbonyl (C=O) groups excluding carboxylic acids is 1. The van der Waals surface area contributed by atoms with Gasteiger partial charge in [0.15, 0.2) is 0 Å². The summed E-state index contributed by atoms with van der Waals surface area (Å²) in [6.07, 6.45) is 5.10. The van der Waals surface area contributed by atoms with Gasteiger partial charge in [-0.1, -0.05) is 25.0 Å². The number of rotatable bonds is 5. The van der Waals surface area contributed by atoms with Crippen molar-refractivity contribution in [3.05, 3.63) is 34.8 Å². The lowest BCUT2D eigenvalue weighted by Crippen LogP contribution is -2.33. The zero-order valence-corrected chi connectivity index (χ0v) is 14.4. The number of methoxy groups -OCH3 is 1. The van der Waals surface area contributed by atoms with Crippen molar-refractivity contribution in [1.82, 2.24) is 10.3 Å². The summed E-state index contributed by atoms with van der Waals surface area (Å²) >= 11 is 1.59. The minimum Gasteiger partial charge on any atom is -0.497 e. The first-order valence-electron chi connectivity index (χ1n) is 8.06.